The Balaban J connectivity index is 1.30. The summed E-state index contributed by atoms with van der Waals surface area (Å²) in [6.45, 7) is 0. The van der Waals surface area contributed by atoms with E-state index < -0.39 is 0 Å². The summed E-state index contributed by atoms with van der Waals surface area (Å²) < 4.78 is 0. The van der Waals surface area contributed by atoms with E-state index >= 15 is 0 Å². The first kappa shape index (κ1) is 23.9. The Morgan fingerprint density at radius 2 is 1.20 bits per heavy atom. The van der Waals surface area contributed by atoms with E-state index in [9.17, 15) is 0 Å². The summed E-state index contributed by atoms with van der Waals surface area (Å²) in [6, 6.07) is 42.3. The van der Waals surface area contributed by atoms with Crippen LogP contribution >= 0.6 is 0 Å². The van der Waals surface area contributed by atoms with Gasteiger partial charge in [0.1, 0.15) is 0 Å². The maximum absolute atomic E-state index is 5.02. The Kier molecular flexibility index (Phi) is 6.31. The number of nitrogens with zero attached hydrogens (tertiary/aromatic N) is 3. The summed E-state index contributed by atoms with van der Waals surface area (Å²) in [5.74, 6) is 0.716. The fraction of sp³-hybridized carbons (Fsp3) is 0.0541. The van der Waals surface area contributed by atoms with E-state index in [1.165, 1.54) is 22.3 Å². The van der Waals surface area contributed by atoms with Gasteiger partial charge in [-0.3, -0.25) is 4.98 Å². The molecule has 0 radical (unpaired) electrons. The molecule has 0 saturated heterocycles. The van der Waals surface area contributed by atoms with Crippen LogP contribution < -0.4 is 0 Å². The molecule has 3 nitrogen and oxygen atoms in total. The molecule has 0 bridgehead atoms. The summed E-state index contributed by atoms with van der Waals surface area (Å²) in [5, 5.41) is 0. The molecule has 190 valence electrons. The van der Waals surface area contributed by atoms with E-state index in [-0.39, 0.29) is 0 Å². The zero-order chi connectivity index (χ0) is 26.7. The van der Waals surface area contributed by atoms with Gasteiger partial charge in [-0.2, -0.15) is 0 Å². The normalized spacial score (nSPS) is 12.4. The Bertz CT molecular complexity index is 1820. The van der Waals surface area contributed by atoms with Gasteiger partial charge in [0.25, 0.3) is 0 Å². The smallest absolute Gasteiger partial charge is 0.160 e. The molecule has 0 aliphatic heterocycles. The molecule has 6 aromatic rings. The average Bonchev–Trinajstić information content (AvgIpc) is 3.05. The van der Waals surface area contributed by atoms with Crippen LogP contribution in [0, 0.1) is 0 Å². The van der Waals surface area contributed by atoms with E-state index in [1.54, 1.807) is 6.20 Å². The predicted molar refractivity (Wildman–Crippen MR) is 163 cm³/mol. The lowest BCUT2D eigenvalue weighted by Crippen LogP contribution is -2.00. The van der Waals surface area contributed by atoms with Gasteiger partial charge in [-0.15, -0.1) is 0 Å². The van der Waals surface area contributed by atoms with Crippen LogP contribution in [-0.4, -0.2) is 15.0 Å². The third-order valence-corrected chi connectivity index (χ3v) is 7.47. The topological polar surface area (TPSA) is 38.7 Å². The van der Waals surface area contributed by atoms with Crippen LogP contribution in [0.3, 0.4) is 0 Å². The Hall–Kier alpha value is -5.15. The molecule has 1 aliphatic rings. The number of pyridine rings is 1. The molecular formula is C37H27N3. The van der Waals surface area contributed by atoms with Gasteiger partial charge in [0.2, 0.25) is 0 Å². The van der Waals surface area contributed by atoms with Crippen LogP contribution in [0.5, 0.6) is 0 Å². The van der Waals surface area contributed by atoms with Crippen molar-refractivity contribution < 1.29 is 0 Å². The molecule has 0 unspecified atom stereocenters. The second kappa shape index (κ2) is 10.5. The van der Waals surface area contributed by atoms with Gasteiger partial charge in [0.05, 0.1) is 11.4 Å². The van der Waals surface area contributed by atoms with Crippen molar-refractivity contribution in [2.45, 2.75) is 12.8 Å². The minimum absolute atomic E-state index is 0.716. The van der Waals surface area contributed by atoms with Crippen molar-refractivity contribution in [1.82, 2.24) is 15.0 Å². The molecule has 0 N–H and O–H groups in total. The van der Waals surface area contributed by atoms with Crippen LogP contribution in [0.15, 0.2) is 140 Å². The molecule has 0 saturated carbocycles. The Morgan fingerprint density at radius 3 is 2.02 bits per heavy atom. The second-order valence-corrected chi connectivity index (χ2v) is 10.0. The minimum atomic E-state index is 0.716. The van der Waals surface area contributed by atoms with Crippen LogP contribution in [0.2, 0.25) is 0 Å². The van der Waals surface area contributed by atoms with Crippen molar-refractivity contribution in [2.24, 2.45) is 0 Å². The molecule has 1 aliphatic carbocycles. The first-order valence-corrected chi connectivity index (χ1v) is 13.7. The highest BCUT2D eigenvalue weighted by molar-refractivity contribution is 5.84. The molecule has 7 rings (SSSR count). The number of rotatable bonds is 5. The molecule has 3 heteroatoms. The lowest BCUT2D eigenvalue weighted by Gasteiger charge is -2.18. The number of aryl methyl sites for hydroxylation is 1. The maximum atomic E-state index is 5.02. The molecule has 0 fully saturated rings. The highest BCUT2D eigenvalue weighted by Gasteiger charge is 2.15. The summed E-state index contributed by atoms with van der Waals surface area (Å²) in [6.07, 6.45) is 8.23. The maximum Gasteiger partial charge on any atom is 0.160 e. The lowest BCUT2D eigenvalue weighted by molar-refractivity contribution is 0.978. The van der Waals surface area contributed by atoms with Gasteiger partial charge in [-0.1, -0.05) is 109 Å². The minimum Gasteiger partial charge on any atom is -0.264 e. The van der Waals surface area contributed by atoms with E-state index in [4.69, 9.17) is 9.97 Å². The second-order valence-electron chi connectivity index (χ2n) is 10.0. The summed E-state index contributed by atoms with van der Waals surface area (Å²) in [5.41, 5.74) is 12.4. The van der Waals surface area contributed by atoms with Crippen molar-refractivity contribution in [3.05, 3.63) is 156 Å². The molecule has 2 aromatic heterocycles. The number of hydrogen-bond acceptors (Lipinski definition) is 3. The number of allylic oxidation sites excluding steroid dienone is 1. The molecule has 2 heterocycles. The highest BCUT2D eigenvalue weighted by atomic mass is 14.9. The first-order valence-electron chi connectivity index (χ1n) is 13.7. The van der Waals surface area contributed by atoms with Gasteiger partial charge >= 0.3 is 0 Å². The largest absolute Gasteiger partial charge is 0.264 e. The van der Waals surface area contributed by atoms with Gasteiger partial charge in [0.15, 0.2) is 5.82 Å². The zero-order valence-corrected chi connectivity index (χ0v) is 22.0. The summed E-state index contributed by atoms with van der Waals surface area (Å²) >= 11 is 0. The van der Waals surface area contributed by atoms with Crippen molar-refractivity contribution in [1.29, 1.82) is 0 Å². The van der Waals surface area contributed by atoms with Crippen LogP contribution in [0.25, 0.3) is 50.6 Å². The SMILES string of the molecule is C1=C(c2ccc(-c3cc(-c4cccc(-c5cccnc5)c4)nc(-c4ccccc4)n3)cc2)c2ccccc2CC1. The summed E-state index contributed by atoms with van der Waals surface area (Å²) in [4.78, 5) is 14.3. The lowest BCUT2D eigenvalue weighted by atomic mass is 9.87. The molecule has 40 heavy (non-hydrogen) atoms. The van der Waals surface area contributed by atoms with Gasteiger partial charge in [-0.25, -0.2) is 9.97 Å². The van der Waals surface area contributed by atoms with E-state index in [0.717, 1.165) is 52.0 Å². The molecule has 0 spiro atoms. The van der Waals surface area contributed by atoms with Crippen molar-refractivity contribution in [2.75, 3.05) is 0 Å². The molecule has 0 atom stereocenters. The van der Waals surface area contributed by atoms with E-state index in [1.807, 2.05) is 30.5 Å². The van der Waals surface area contributed by atoms with E-state index in [0.29, 0.717) is 5.82 Å². The third-order valence-electron chi connectivity index (χ3n) is 7.47. The van der Waals surface area contributed by atoms with Crippen molar-refractivity contribution in [3.63, 3.8) is 0 Å². The predicted octanol–water partition coefficient (Wildman–Crippen LogP) is 8.92. The summed E-state index contributed by atoms with van der Waals surface area (Å²) in [7, 11) is 0. The van der Waals surface area contributed by atoms with Gasteiger partial charge in [-0.05, 0) is 58.9 Å². The number of aromatic nitrogens is 3. The van der Waals surface area contributed by atoms with Crippen LogP contribution in [-0.2, 0) is 6.42 Å². The van der Waals surface area contributed by atoms with Crippen molar-refractivity contribution >= 4 is 5.57 Å². The van der Waals surface area contributed by atoms with Gasteiger partial charge in [0, 0.05) is 34.6 Å². The fourth-order valence-corrected chi connectivity index (χ4v) is 5.43. The number of benzene rings is 4. The highest BCUT2D eigenvalue weighted by Crippen LogP contribution is 2.34. The first-order chi connectivity index (χ1) is 19.8. The monoisotopic (exact) mass is 513 g/mol. The molecular weight excluding hydrogens is 486 g/mol. The Labute approximate surface area is 234 Å². The fourth-order valence-electron chi connectivity index (χ4n) is 5.43. The third kappa shape index (κ3) is 4.74. The van der Waals surface area contributed by atoms with Crippen LogP contribution in [0.4, 0.5) is 0 Å². The average molecular weight is 514 g/mol. The van der Waals surface area contributed by atoms with Gasteiger partial charge < -0.3 is 0 Å². The Morgan fingerprint density at radius 1 is 0.500 bits per heavy atom. The molecule has 0 amide bonds. The number of hydrogen-bond donors (Lipinski definition) is 0. The van der Waals surface area contributed by atoms with Crippen molar-refractivity contribution in [3.8, 4) is 45.0 Å². The molecule has 4 aromatic carbocycles. The standard InChI is InChI=1S/C37H27N3/c1-2-10-29(11-3-1)37-39-35(24-36(40-37)31-14-6-13-30(23-31)32-15-8-22-38-25-32)28-20-18-27(19-21-28)34-17-7-12-26-9-4-5-16-33(26)34/h1-6,8-11,13-25H,7,12H2. The zero-order valence-electron chi connectivity index (χ0n) is 22.0. The van der Waals surface area contributed by atoms with E-state index in [2.05, 4.69) is 108 Å². The van der Waals surface area contributed by atoms with Crippen LogP contribution in [0.1, 0.15) is 23.1 Å². The quantitative estimate of drug-likeness (QED) is 0.231. The number of fused-ring (bicyclic) bond motifs is 1.